The minimum absolute atomic E-state index is 0.443. The van der Waals surface area contributed by atoms with Gasteiger partial charge in [-0.3, -0.25) is 15.0 Å². The number of hydrazine groups is 2. The highest BCUT2D eigenvalue weighted by molar-refractivity contribution is 6.30. The summed E-state index contributed by atoms with van der Waals surface area (Å²) in [6.07, 6.45) is -6.72. The maximum Gasteiger partial charge on any atom is 0.261 e. The van der Waals surface area contributed by atoms with Crippen LogP contribution in [0.1, 0.15) is 0 Å². The second-order valence-corrected chi connectivity index (χ2v) is 10.8. The van der Waals surface area contributed by atoms with E-state index in [4.69, 9.17) is 16.3 Å². The summed E-state index contributed by atoms with van der Waals surface area (Å²) in [6.45, 7) is 0. The molecule has 4 saturated heterocycles. The molecule has 2 bridgehead atoms. The summed E-state index contributed by atoms with van der Waals surface area (Å²) >= 11 is 6.11. The number of fused-ring (bicyclic) bond motifs is 8. The lowest BCUT2D eigenvalue weighted by Crippen LogP contribution is -2.64. The number of alkyl halides is 4. The average Bonchev–Trinajstić information content (AvgIpc) is 3.66. The molecule has 0 aromatic heterocycles. The highest BCUT2D eigenvalue weighted by atomic mass is 35.5. The van der Waals surface area contributed by atoms with Gasteiger partial charge in [-0.15, -0.1) is 0 Å². The Morgan fingerprint density at radius 2 is 1.33 bits per heavy atom. The van der Waals surface area contributed by atoms with Gasteiger partial charge >= 0.3 is 0 Å². The van der Waals surface area contributed by atoms with Gasteiger partial charge in [0.2, 0.25) is 5.79 Å². The highest BCUT2D eigenvalue weighted by Gasteiger charge is 2.80. The van der Waals surface area contributed by atoms with Crippen LogP contribution in [0.2, 0.25) is 5.02 Å². The lowest BCUT2D eigenvalue weighted by molar-refractivity contribution is -0.174. The lowest BCUT2D eigenvalue weighted by Gasteiger charge is -2.44. The summed E-state index contributed by atoms with van der Waals surface area (Å²) < 4.78 is 65.2. The molecule has 6 nitrogen and oxygen atoms in total. The summed E-state index contributed by atoms with van der Waals surface area (Å²) in [5, 5.41) is 17.5. The predicted octanol–water partition coefficient (Wildman–Crippen LogP) is 4.94. The SMILES string of the molecule is OC12OC(C3C(C(F)F)NN(c4ccccc4)C31)C1C(C(F)F)N(c3ccc(Cl)cc3)N(c3ccccc3)C12. The second-order valence-electron chi connectivity index (χ2n) is 10.4. The summed E-state index contributed by atoms with van der Waals surface area (Å²) in [5.74, 6) is -3.94. The third-order valence-corrected chi connectivity index (χ3v) is 8.74. The van der Waals surface area contributed by atoms with Crippen molar-refractivity contribution in [2.24, 2.45) is 11.8 Å². The predicted molar refractivity (Wildman–Crippen MR) is 139 cm³/mol. The first-order chi connectivity index (χ1) is 18.8. The van der Waals surface area contributed by atoms with Crippen molar-refractivity contribution in [3.8, 4) is 0 Å². The van der Waals surface area contributed by atoms with E-state index in [1.807, 2.05) is 6.07 Å². The van der Waals surface area contributed by atoms with Gasteiger partial charge in [0.05, 0.1) is 29.2 Å². The molecule has 4 heterocycles. The van der Waals surface area contributed by atoms with E-state index in [0.717, 1.165) is 0 Å². The Labute approximate surface area is 227 Å². The first-order valence-electron chi connectivity index (χ1n) is 12.8. The van der Waals surface area contributed by atoms with E-state index in [9.17, 15) is 13.9 Å². The van der Waals surface area contributed by atoms with Crippen LogP contribution in [0.25, 0.3) is 0 Å². The van der Waals surface area contributed by atoms with Crippen molar-refractivity contribution in [3.63, 3.8) is 0 Å². The van der Waals surface area contributed by atoms with E-state index < -0.39 is 60.7 Å². The number of benzene rings is 3. The first-order valence-corrected chi connectivity index (χ1v) is 13.1. The summed E-state index contributed by atoms with van der Waals surface area (Å²) in [7, 11) is 0. The molecule has 4 fully saturated rings. The smallest absolute Gasteiger partial charge is 0.261 e. The van der Waals surface area contributed by atoms with Crippen molar-refractivity contribution in [3.05, 3.63) is 90.0 Å². The van der Waals surface area contributed by atoms with Crippen LogP contribution in [-0.4, -0.2) is 54.0 Å². The van der Waals surface area contributed by atoms with Crippen LogP contribution in [0.5, 0.6) is 0 Å². The highest BCUT2D eigenvalue weighted by Crippen LogP contribution is 2.62. The van der Waals surface area contributed by atoms with Crippen molar-refractivity contribution in [1.82, 2.24) is 5.43 Å². The topological polar surface area (TPSA) is 51.2 Å². The fourth-order valence-electron chi connectivity index (χ4n) is 7.18. The molecule has 39 heavy (non-hydrogen) atoms. The van der Waals surface area contributed by atoms with Crippen LogP contribution >= 0.6 is 11.6 Å². The number of rotatable bonds is 5. The molecule has 0 amide bonds. The molecule has 4 aliphatic rings. The molecule has 2 N–H and O–H groups in total. The number of hydrogen-bond donors (Lipinski definition) is 2. The van der Waals surface area contributed by atoms with Crippen LogP contribution in [0.4, 0.5) is 34.6 Å². The maximum absolute atomic E-state index is 15.1. The van der Waals surface area contributed by atoms with Crippen LogP contribution in [0.3, 0.4) is 0 Å². The quantitative estimate of drug-likeness (QED) is 0.431. The van der Waals surface area contributed by atoms with Crippen molar-refractivity contribution in [2.45, 2.75) is 48.9 Å². The van der Waals surface area contributed by atoms with Gasteiger partial charge in [0.25, 0.3) is 12.9 Å². The Kier molecular flexibility index (Phi) is 5.75. The molecule has 7 rings (SSSR count). The van der Waals surface area contributed by atoms with Crippen LogP contribution < -0.4 is 20.5 Å². The van der Waals surface area contributed by atoms with Crippen LogP contribution in [0.15, 0.2) is 84.9 Å². The molecule has 4 aliphatic heterocycles. The van der Waals surface area contributed by atoms with Gasteiger partial charge in [-0.1, -0.05) is 48.0 Å². The zero-order valence-electron chi connectivity index (χ0n) is 20.4. The maximum atomic E-state index is 15.1. The zero-order valence-corrected chi connectivity index (χ0v) is 21.1. The molecule has 8 atom stereocenters. The Balaban J connectivity index is 1.41. The molecule has 0 aliphatic carbocycles. The first kappa shape index (κ1) is 25.0. The average molecular weight is 561 g/mol. The number of nitrogens with one attached hydrogen (secondary N) is 1. The molecule has 0 spiro atoms. The molecule has 3 aromatic carbocycles. The third kappa shape index (κ3) is 3.51. The number of anilines is 3. The summed E-state index contributed by atoms with van der Waals surface area (Å²) in [6, 6.07) is 19.5. The lowest BCUT2D eigenvalue weighted by atomic mass is 9.69. The number of ether oxygens (including phenoxy) is 1. The molecule has 11 heteroatoms. The van der Waals surface area contributed by atoms with E-state index in [2.05, 4.69) is 5.43 Å². The molecular formula is C28H25ClF4N4O2. The Morgan fingerprint density at radius 1 is 0.744 bits per heavy atom. The number of halogens is 5. The van der Waals surface area contributed by atoms with Gasteiger partial charge in [0.15, 0.2) is 0 Å². The normalized spacial score (nSPS) is 34.9. The number of hydrogen-bond acceptors (Lipinski definition) is 6. The molecule has 204 valence electrons. The van der Waals surface area contributed by atoms with Crippen molar-refractivity contribution in [1.29, 1.82) is 0 Å². The zero-order chi connectivity index (χ0) is 27.1. The fourth-order valence-corrected chi connectivity index (χ4v) is 7.31. The van der Waals surface area contributed by atoms with Crippen LogP contribution in [-0.2, 0) is 4.74 Å². The molecule has 0 radical (unpaired) electrons. The molecule has 0 saturated carbocycles. The van der Waals surface area contributed by atoms with Crippen LogP contribution in [0, 0.1) is 11.8 Å². The number of nitrogens with zero attached hydrogens (tertiary/aromatic N) is 3. The van der Waals surface area contributed by atoms with Crippen molar-refractivity contribution < 1.29 is 27.4 Å². The van der Waals surface area contributed by atoms with Crippen molar-refractivity contribution >= 4 is 28.7 Å². The number of aliphatic hydroxyl groups is 1. The standard InChI is InChI=1S/C28H25ClF4N4O2/c29-15-11-13-18(14-12-15)36-22(27(32)33)20-23-19-21(26(30)31)34-35(16-7-3-1-4-8-16)24(19)28(38,39-23)25(20)37(36)17-9-5-2-6-10-17/h1-14,19-27,34,38H. The largest absolute Gasteiger partial charge is 0.362 e. The Bertz CT molecular complexity index is 1340. The van der Waals surface area contributed by atoms with E-state index in [1.54, 1.807) is 83.9 Å². The Morgan fingerprint density at radius 3 is 1.92 bits per heavy atom. The van der Waals surface area contributed by atoms with Gasteiger partial charge in [-0.25, -0.2) is 23.0 Å². The molecule has 3 aromatic rings. The minimum atomic E-state index is -2.86. The van der Waals surface area contributed by atoms with Gasteiger partial charge in [0.1, 0.15) is 18.1 Å². The fraction of sp³-hybridized carbons (Fsp3) is 0.357. The van der Waals surface area contributed by atoms with E-state index in [-0.39, 0.29) is 0 Å². The van der Waals surface area contributed by atoms with Gasteiger partial charge in [0, 0.05) is 16.9 Å². The van der Waals surface area contributed by atoms with E-state index >= 15 is 8.78 Å². The van der Waals surface area contributed by atoms with E-state index in [0.29, 0.717) is 22.1 Å². The van der Waals surface area contributed by atoms with Crippen molar-refractivity contribution in [2.75, 3.05) is 15.0 Å². The Hall–Kier alpha value is -3.05. The second kappa shape index (κ2) is 8.99. The minimum Gasteiger partial charge on any atom is -0.362 e. The van der Waals surface area contributed by atoms with Gasteiger partial charge in [-0.05, 0) is 48.5 Å². The summed E-state index contributed by atoms with van der Waals surface area (Å²) in [4.78, 5) is 0. The van der Waals surface area contributed by atoms with E-state index in [1.165, 1.54) is 10.0 Å². The summed E-state index contributed by atoms with van der Waals surface area (Å²) in [5.41, 5.74) is 4.46. The molecule has 8 unspecified atom stereocenters. The van der Waals surface area contributed by atoms with Gasteiger partial charge < -0.3 is 9.84 Å². The third-order valence-electron chi connectivity index (χ3n) is 8.49. The molecular weight excluding hydrogens is 536 g/mol. The monoisotopic (exact) mass is 560 g/mol. The number of para-hydroxylation sites is 2. The van der Waals surface area contributed by atoms with Gasteiger partial charge in [-0.2, -0.15) is 0 Å².